The van der Waals surface area contributed by atoms with Gasteiger partial charge in [-0.15, -0.1) is 23.5 Å². The van der Waals surface area contributed by atoms with Gasteiger partial charge in [-0.3, -0.25) is 9.59 Å². The van der Waals surface area contributed by atoms with Gasteiger partial charge in [-0.25, -0.2) is 0 Å². The van der Waals surface area contributed by atoms with Crippen LogP contribution in [-0.4, -0.2) is 86.7 Å². The second-order valence-electron chi connectivity index (χ2n) is 14.5. The molecule has 2 saturated heterocycles. The normalized spacial score (nSPS) is 22.8. The van der Waals surface area contributed by atoms with E-state index in [1.54, 1.807) is 37.7 Å². The molecule has 2 heterocycles. The van der Waals surface area contributed by atoms with Crippen LogP contribution in [0.15, 0.2) is 0 Å². The fourth-order valence-corrected chi connectivity index (χ4v) is 9.63. The van der Waals surface area contributed by atoms with Crippen molar-refractivity contribution >= 4 is 35.5 Å². The predicted octanol–water partition coefficient (Wildman–Crippen LogP) is 7.39. The Balaban J connectivity index is 1.91. The summed E-state index contributed by atoms with van der Waals surface area (Å²) in [7, 11) is 3.40. The van der Waals surface area contributed by atoms with E-state index in [-0.39, 0.29) is 62.4 Å². The SMILES string of the molecule is CCCCCCCC(SCC(=O)OC1CC(C)(C)N(OC)C(C)(C)C1)SCC(=O)OC1CC(C)(C)N(OC)C(C)(C)C1. The molecule has 0 aromatic rings. The number of unbranched alkanes of at least 4 members (excludes halogenated alkanes) is 4. The molecular formula is C32H60N2O6S2. The number of ether oxygens (including phenoxy) is 2. The van der Waals surface area contributed by atoms with Gasteiger partial charge >= 0.3 is 11.9 Å². The van der Waals surface area contributed by atoms with Gasteiger partial charge in [-0.05, 0) is 61.8 Å². The summed E-state index contributed by atoms with van der Waals surface area (Å²) in [5, 5.41) is 4.04. The van der Waals surface area contributed by atoms with Crippen LogP contribution in [-0.2, 0) is 28.7 Å². The highest BCUT2D eigenvalue weighted by atomic mass is 32.2. The Morgan fingerprint density at radius 3 is 1.36 bits per heavy atom. The molecular weight excluding hydrogens is 572 g/mol. The molecule has 10 heteroatoms. The molecule has 0 radical (unpaired) electrons. The Morgan fingerprint density at radius 2 is 1.02 bits per heavy atom. The molecule has 8 nitrogen and oxygen atoms in total. The molecule has 0 aliphatic carbocycles. The molecule has 42 heavy (non-hydrogen) atoms. The average molecular weight is 633 g/mol. The van der Waals surface area contributed by atoms with Gasteiger partial charge in [-0.2, -0.15) is 10.1 Å². The predicted molar refractivity (Wildman–Crippen MR) is 174 cm³/mol. The zero-order valence-electron chi connectivity index (χ0n) is 28.4. The summed E-state index contributed by atoms with van der Waals surface area (Å²) in [6.45, 7) is 19.2. The molecule has 0 bridgehead atoms. The summed E-state index contributed by atoms with van der Waals surface area (Å²) in [4.78, 5) is 37.3. The number of carbonyl (C=O) groups excluding carboxylic acids is 2. The van der Waals surface area contributed by atoms with E-state index in [0.29, 0.717) is 0 Å². The highest BCUT2D eigenvalue weighted by Crippen LogP contribution is 2.41. The van der Waals surface area contributed by atoms with E-state index in [1.807, 2.05) is 10.1 Å². The van der Waals surface area contributed by atoms with E-state index in [9.17, 15) is 9.59 Å². The average Bonchev–Trinajstić information content (AvgIpc) is 2.82. The first-order valence-corrected chi connectivity index (χ1v) is 17.9. The summed E-state index contributed by atoms with van der Waals surface area (Å²) in [6.07, 6.45) is 9.47. The Labute approximate surface area is 264 Å². The van der Waals surface area contributed by atoms with Crippen LogP contribution in [0.2, 0.25) is 0 Å². The number of nitrogens with zero attached hydrogens (tertiary/aromatic N) is 2. The smallest absolute Gasteiger partial charge is 0.316 e. The van der Waals surface area contributed by atoms with E-state index in [1.165, 1.54) is 25.7 Å². The number of thioether (sulfide) groups is 2. The van der Waals surface area contributed by atoms with Crippen LogP contribution in [0.25, 0.3) is 0 Å². The van der Waals surface area contributed by atoms with Gasteiger partial charge in [0.15, 0.2) is 0 Å². The molecule has 0 aromatic carbocycles. The van der Waals surface area contributed by atoms with Gasteiger partial charge in [0.2, 0.25) is 0 Å². The van der Waals surface area contributed by atoms with Gasteiger partial charge < -0.3 is 19.1 Å². The van der Waals surface area contributed by atoms with Crippen molar-refractivity contribution in [3.8, 4) is 0 Å². The Hall–Kier alpha value is -0.520. The largest absolute Gasteiger partial charge is 0.462 e. The summed E-state index contributed by atoms with van der Waals surface area (Å²) >= 11 is 3.20. The minimum absolute atomic E-state index is 0.137. The second kappa shape index (κ2) is 16.2. The fraction of sp³-hybridized carbons (Fsp3) is 0.938. The monoisotopic (exact) mass is 632 g/mol. The van der Waals surface area contributed by atoms with Crippen molar-refractivity contribution in [2.75, 3.05) is 25.7 Å². The van der Waals surface area contributed by atoms with Crippen LogP contribution in [0.1, 0.15) is 127 Å². The lowest BCUT2D eigenvalue weighted by Gasteiger charge is -2.52. The van der Waals surface area contributed by atoms with Gasteiger partial charge in [0.1, 0.15) is 12.2 Å². The minimum Gasteiger partial charge on any atom is -0.462 e. The van der Waals surface area contributed by atoms with E-state index >= 15 is 0 Å². The molecule has 2 fully saturated rings. The number of hydrogen-bond acceptors (Lipinski definition) is 10. The van der Waals surface area contributed by atoms with E-state index in [4.69, 9.17) is 19.1 Å². The van der Waals surface area contributed by atoms with Crippen LogP contribution in [0.4, 0.5) is 0 Å². The van der Waals surface area contributed by atoms with Crippen molar-refractivity contribution in [3.63, 3.8) is 0 Å². The third-order valence-electron chi connectivity index (χ3n) is 8.39. The molecule has 0 saturated carbocycles. The van der Waals surface area contributed by atoms with E-state index in [0.717, 1.165) is 38.5 Å². The maximum absolute atomic E-state index is 13.0. The summed E-state index contributed by atoms with van der Waals surface area (Å²) in [5.74, 6) is 0.197. The lowest BCUT2D eigenvalue weighted by atomic mass is 9.80. The van der Waals surface area contributed by atoms with Crippen LogP contribution in [0, 0.1) is 0 Å². The Bertz CT molecular complexity index is 768. The first kappa shape index (κ1) is 37.7. The minimum atomic E-state index is -0.240. The van der Waals surface area contributed by atoms with Crippen molar-refractivity contribution in [1.82, 2.24) is 10.1 Å². The van der Waals surface area contributed by atoms with Gasteiger partial charge in [0.25, 0.3) is 0 Å². The van der Waals surface area contributed by atoms with Crippen LogP contribution < -0.4 is 0 Å². The zero-order chi connectivity index (χ0) is 31.8. The molecule has 2 aliphatic rings. The molecule has 0 aromatic heterocycles. The maximum atomic E-state index is 13.0. The lowest BCUT2D eigenvalue weighted by Crippen LogP contribution is -2.61. The Morgan fingerprint density at radius 1 is 0.667 bits per heavy atom. The first-order chi connectivity index (χ1) is 19.5. The van der Waals surface area contributed by atoms with Crippen LogP contribution in [0.3, 0.4) is 0 Å². The highest BCUT2D eigenvalue weighted by Gasteiger charge is 2.48. The lowest BCUT2D eigenvalue weighted by molar-refractivity contribution is -0.278. The second-order valence-corrected chi connectivity index (χ2v) is 17.2. The van der Waals surface area contributed by atoms with Crippen molar-refractivity contribution in [2.45, 2.75) is 165 Å². The topological polar surface area (TPSA) is 77.5 Å². The van der Waals surface area contributed by atoms with Crippen LogP contribution in [0.5, 0.6) is 0 Å². The zero-order valence-corrected chi connectivity index (χ0v) is 30.0. The highest BCUT2D eigenvalue weighted by molar-refractivity contribution is 8.17. The number of hydrogen-bond donors (Lipinski definition) is 0. The molecule has 0 spiro atoms. The van der Waals surface area contributed by atoms with Crippen molar-refractivity contribution < 1.29 is 28.7 Å². The fourth-order valence-electron chi connectivity index (χ4n) is 7.39. The van der Waals surface area contributed by atoms with Crippen molar-refractivity contribution in [3.05, 3.63) is 0 Å². The van der Waals surface area contributed by atoms with E-state index < -0.39 is 0 Å². The molecule has 0 amide bonds. The van der Waals surface area contributed by atoms with Crippen molar-refractivity contribution in [2.24, 2.45) is 0 Å². The number of piperidine rings is 2. The molecule has 0 unspecified atom stereocenters. The summed E-state index contributed by atoms with van der Waals surface area (Å²) < 4.78 is 12.1. The number of carbonyl (C=O) groups is 2. The van der Waals surface area contributed by atoms with Gasteiger partial charge in [-0.1, -0.05) is 39.0 Å². The Kier molecular flexibility index (Phi) is 14.5. The third-order valence-corrected chi connectivity index (χ3v) is 11.2. The van der Waals surface area contributed by atoms with Crippen molar-refractivity contribution in [1.29, 1.82) is 0 Å². The number of hydroxylamine groups is 4. The van der Waals surface area contributed by atoms with Gasteiger partial charge in [0, 0.05) is 47.8 Å². The molecule has 0 atom stereocenters. The molecule has 0 N–H and O–H groups in total. The maximum Gasteiger partial charge on any atom is 0.316 e. The summed E-state index contributed by atoms with van der Waals surface area (Å²) in [5.41, 5.74) is -0.959. The summed E-state index contributed by atoms with van der Waals surface area (Å²) in [6, 6.07) is 0. The first-order valence-electron chi connectivity index (χ1n) is 15.8. The van der Waals surface area contributed by atoms with Gasteiger partial charge in [0.05, 0.1) is 30.3 Å². The van der Waals surface area contributed by atoms with Crippen LogP contribution >= 0.6 is 23.5 Å². The molecule has 246 valence electrons. The standard InChI is InChI=1S/C32H60N2O6S2/c1-12-13-14-15-16-17-28(41-22-26(35)39-24-18-29(2,3)33(37-10)30(4,5)19-24)42-23-27(36)40-25-20-31(6,7)34(38-11)32(8,9)21-25/h24-25,28H,12-23H2,1-11H3. The third kappa shape index (κ3) is 11.1. The number of rotatable bonds is 16. The van der Waals surface area contributed by atoms with E-state index in [2.05, 4.69) is 62.3 Å². The quantitative estimate of drug-likeness (QED) is 0.0976. The molecule has 2 aliphatic heterocycles. The number of esters is 2. The molecule has 2 rings (SSSR count).